The van der Waals surface area contributed by atoms with E-state index >= 15 is 0 Å². The highest BCUT2D eigenvalue weighted by Crippen LogP contribution is 2.35. The third-order valence-corrected chi connectivity index (χ3v) is 9.94. The van der Waals surface area contributed by atoms with Crippen molar-refractivity contribution in [3.05, 3.63) is 71.3 Å². The van der Waals surface area contributed by atoms with Gasteiger partial charge >= 0.3 is 5.65 Å². The molecule has 51 heavy (non-hydrogen) atoms. The largest absolute Gasteiger partial charge is 0.378 e. The maximum absolute atomic E-state index is 14.4. The van der Waals surface area contributed by atoms with Gasteiger partial charge in [0.2, 0.25) is 5.82 Å². The van der Waals surface area contributed by atoms with Gasteiger partial charge in [-0.3, -0.25) is 24.0 Å². The van der Waals surface area contributed by atoms with E-state index in [1.165, 1.54) is 15.8 Å². The summed E-state index contributed by atoms with van der Waals surface area (Å²) < 4.78 is 38.9. The number of hydrogen-bond acceptors (Lipinski definition) is 8. The van der Waals surface area contributed by atoms with Gasteiger partial charge in [0.25, 0.3) is 24.1 Å². The number of benzene rings is 1. The Morgan fingerprint density at radius 2 is 1.76 bits per heavy atom. The van der Waals surface area contributed by atoms with Gasteiger partial charge in [-0.25, -0.2) is 8.78 Å². The zero-order valence-corrected chi connectivity index (χ0v) is 28.4. The normalized spacial score (nSPS) is 19.2. The molecule has 2 aliphatic heterocycles. The maximum atomic E-state index is 14.4. The first-order chi connectivity index (χ1) is 24.7. The number of carbonyl (C=O) groups is 3. The fraction of sp³-hybridized carbons (Fsp3) is 0.444. The summed E-state index contributed by atoms with van der Waals surface area (Å²) in [5.74, 6) is 5.84. The van der Waals surface area contributed by atoms with Crippen LogP contribution in [-0.4, -0.2) is 100.0 Å². The van der Waals surface area contributed by atoms with Crippen molar-refractivity contribution in [1.29, 1.82) is 0 Å². The van der Waals surface area contributed by atoms with Crippen molar-refractivity contribution in [2.45, 2.75) is 44.6 Å². The standard InChI is InChI=1S/C36H39F2N9O4/c1-42(14-5-2-6-15-44-35(49)26-7-3-4-8-27(26)36(44)50)21-24-9-11-25(12-10-24)45-23-29(31(41-45)32(37)38)47-22-28(33(39)48)34-40-30(13-16-46(34)47)43-17-19-51-20-18-43/h3-4,7-8,13,16,22-25,32H,5,9-12,14-15,17-21H2,1H3,(H-,39,48)/p+1. The van der Waals surface area contributed by atoms with E-state index in [0.717, 1.165) is 38.8 Å². The van der Waals surface area contributed by atoms with E-state index < -0.39 is 12.3 Å². The van der Waals surface area contributed by atoms with Gasteiger partial charge < -0.3 is 20.3 Å². The molecule has 2 N–H and O–H groups in total. The molecule has 3 amide bonds. The minimum absolute atomic E-state index is 0.0423. The third-order valence-electron chi connectivity index (χ3n) is 9.94. The van der Waals surface area contributed by atoms with Crippen molar-refractivity contribution < 1.29 is 32.4 Å². The third kappa shape index (κ3) is 6.93. The van der Waals surface area contributed by atoms with Crippen molar-refractivity contribution in [3.8, 4) is 17.5 Å². The average Bonchev–Trinajstić information content (AvgIpc) is 3.82. The van der Waals surface area contributed by atoms with Crippen LogP contribution in [-0.2, 0) is 4.74 Å². The molecule has 1 aliphatic carbocycles. The lowest BCUT2D eigenvalue weighted by molar-refractivity contribution is -0.600. The van der Waals surface area contributed by atoms with Crippen molar-refractivity contribution in [2.24, 2.45) is 11.7 Å². The van der Waals surface area contributed by atoms with Gasteiger partial charge in [-0.15, -0.1) is 10.4 Å². The van der Waals surface area contributed by atoms with E-state index in [0.29, 0.717) is 55.6 Å². The molecule has 2 fully saturated rings. The molecule has 0 radical (unpaired) electrons. The molecule has 266 valence electrons. The molecule has 5 heterocycles. The van der Waals surface area contributed by atoms with Crippen molar-refractivity contribution in [1.82, 2.24) is 29.2 Å². The number of carbonyl (C=O) groups excluding carboxylic acids is 3. The van der Waals surface area contributed by atoms with Gasteiger partial charge in [-0.1, -0.05) is 18.1 Å². The number of hydrogen-bond donors (Lipinski definition) is 1. The molecule has 13 nitrogen and oxygen atoms in total. The van der Waals surface area contributed by atoms with Crippen LogP contribution in [0, 0.1) is 17.8 Å². The number of aromatic nitrogens is 5. The minimum atomic E-state index is -2.84. The second kappa shape index (κ2) is 14.6. The van der Waals surface area contributed by atoms with Crippen LogP contribution in [0.15, 0.2) is 48.9 Å². The van der Waals surface area contributed by atoms with Gasteiger partial charge in [-0.2, -0.15) is 9.78 Å². The van der Waals surface area contributed by atoms with Crippen LogP contribution in [0.2, 0.25) is 0 Å². The van der Waals surface area contributed by atoms with Crippen molar-refractivity contribution in [2.75, 3.05) is 57.9 Å². The highest BCUT2D eigenvalue weighted by atomic mass is 19.3. The number of rotatable bonds is 10. The molecule has 7 rings (SSSR count). The Kier molecular flexibility index (Phi) is 9.79. The van der Waals surface area contributed by atoms with Gasteiger partial charge in [0.05, 0.1) is 49.3 Å². The predicted molar refractivity (Wildman–Crippen MR) is 182 cm³/mol. The Morgan fingerprint density at radius 3 is 2.43 bits per heavy atom. The molecule has 1 aromatic carbocycles. The summed E-state index contributed by atoms with van der Waals surface area (Å²) in [6.45, 7) is 4.11. The lowest BCUT2D eigenvalue weighted by Crippen LogP contribution is -2.38. The summed E-state index contributed by atoms with van der Waals surface area (Å²) in [7, 11) is 2.05. The first kappa shape index (κ1) is 34.3. The molecule has 3 aliphatic rings. The van der Waals surface area contributed by atoms with E-state index in [1.54, 1.807) is 51.9 Å². The number of nitrogens with zero attached hydrogens (tertiary/aromatic N) is 8. The molecule has 0 bridgehead atoms. The van der Waals surface area contributed by atoms with E-state index in [9.17, 15) is 23.2 Å². The Hall–Kier alpha value is -5.20. The number of nitrogens with two attached hydrogens (primary N) is 1. The van der Waals surface area contributed by atoms with Crippen molar-refractivity contribution >= 4 is 29.2 Å². The molecular weight excluding hydrogens is 660 g/mol. The van der Waals surface area contributed by atoms with Gasteiger partial charge in [0.1, 0.15) is 11.9 Å². The highest BCUT2D eigenvalue weighted by molar-refractivity contribution is 6.21. The van der Waals surface area contributed by atoms with E-state index in [4.69, 9.17) is 10.5 Å². The van der Waals surface area contributed by atoms with Gasteiger partial charge in [0.15, 0.2) is 11.3 Å². The molecule has 1 saturated heterocycles. The quantitative estimate of drug-likeness (QED) is 0.152. The summed E-state index contributed by atoms with van der Waals surface area (Å²) >= 11 is 0. The molecule has 4 aromatic rings. The minimum Gasteiger partial charge on any atom is -0.378 e. The van der Waals surface area contributed by atoms with Crippen molar-refractivity contribution in [3.63, 3.8) is 0 Å². The zero-order chi connectivity index (χ0) is 35.6. The lowest BCUT2D eigenvalue weighted by Gasteiger charge is -2.31. The lowest BCUT2D eigenvalue weighted by atomic mass is 9.86. The Balaban J connectivity index is 0.961. The van der Waals surface area contributed by atoms with E-state index in [1.807, 2.05) is 11.9 Å². The smallest absolute Gasteiger partial charge is 0.363 e. The van der Waals surface area contributed by atoms with Gasteiger partial charge in [-0.05, 0) is 55.8 Å². The van der Waals surface area contributed by atoms with E-state index in [-0.39, 0.29) is 47.0 Å². The number of fused-ring (bicyclic) bond motifs is 2. The Labute approximate surface area is 293 Å². The number of ether oxygens (including phenoxy) is 1. The highest BCUT2D eigenvalue weighted by Gasteiger charge is 2.35. The Morgan fingerprint density at radius 1 is 1.06 bits per heavy atom. The molecule has 0 unspecified atom stereocenters. The fourth-order valence-corrected chi connectivity index (χ4v) is 7.22. The molecule has 3 aromatic heterocycles. The number of alkyl halides is 2. The number of imide groups is 1. The zero-order valence-electron chi connectivity index (χ0n) is 28.4. The SMILES string of the molecule is CN(CCC#CCN1C(=O)c2ccccc2C1=O)CC1CCC(n2cc(-n3cc(C(N)=O)c4nc(N5CCOCC5)cc[n+]43)c(C(F)F)n2)CC1. The number of anilines is 1. The average molecular weight is 701 g/mol. The fourth-order valence-electron chi connectivity index (χ4n) is 7.22. The summed E-state index contributed by atoms with van der Waals surface area (Å²) in [4.78, 5) is 47.6. The number of morpholine rings is 1. The molecule has 1 saturated carbocycles. The second-order valence-electron chi connectivity index (χ2n) is 13.3. The first-order valence-corrected chi connectivity index (χ1v) is 17.2. The van der Waals surface area contributed by atoms with Crippen LogP contribution in [0.1, 0.15) is 81.3 Å². The predicted octanol–water partition coefficient (Wildman–Crippen LogP) is 3.03. The van der Waals surface area contributed by atoms with E-state index in [2.05, 4.69) is 26.8 Å². The summed E-state index contributed by atoms with van der Waals surface area (Å²) in [6, 6.07) is 8.54. The molecule has 0 atom stereocenters. The van der Waals surface area contributed by atoms with Crippen LogP contribution in [0.3, 0.4) is 0 Å². The monoisotopic (exact) mass is 700 g/mol. The maximum Gasteiger partial charge on any atom is 0.363 e. The van der Waals surface area contributed by atoms with Crippen LogP contribution in [0.4, 0.5) is 14.6 Å². The summed E-state index contributed by atoms with van der Waals surface area (Å²) in [5.41, 5.74) is 6.74. The summed E-state index contributed by atoms with van der Waals surface area (Å²) in [5, 5.41) is 4.36. The first-order valence-electron chi connectivity index (χ1n) is 17.2. The number of halogens is 2. The van der Waals surface area contributed by atoms with Crippen LogP contribution >= 0.6 is 0 Å². The van der Waals surface area contributed by atoms with Crippen LogP contribution in [0.5, 0.6) is 0 Å². The topological polar surface area (TPSA) is 136 Å². The number of primary amides is 1. The molecule has 15 heteroatoms. The summed E-state index contributed by atoms with van der Waals surface area (Å²) in [6.07, 6.45) is 5.97. The van der Waals surface area contributed by atoms with Crippen LogP contribution < -0.4 is 15.1 Å². The second-order valence-corrected chi connectivity index (χ2v) is 13.3. The van der Waals surface area contributed by atoms with Gasteiger partial charge in [0, 0.05) is 38.7 Å². The van der Waals surface area contributed by atoms with Crippen LogP contribution in [0.25, 0.3) is 11.3 Å². The Bertz CT molecular complexity index is 1980. The molecule has 0 spiro atoms. The number of amides is 3. The molecular formula is C36H40F2N9O4+.